The number of hydrogen-bond acceptors (Lipinski definition) is 2. The first-order chi connectivity index (χ1) is 7.79. The molecular formula is C12H15Cl2NO. The zero-order valence-electron chi connectivity index (χ0n) is 9.09. The van der Waals surface area contributed by atoms with Gasteiger partial charge in [0.05, 0.1) is 23.2 Å². The molecule has 88 valence electrons. The number of ether oxygens (including phenoxy) is 1. The molecule has 0 N–H and O–H groups in total. The average molecular weight is 260 g/mol. The minimum absolute atomic E-state index is 0.319. The zero-order chi connectivity index (χ0) is 11.4. The number of hydrogen-bond donors (Lipinski definition) is 0. The highest BCUT2D eigenvalue weighted by Crippen LogP contribution is 2.26. The van der Waals surface area contributed by atoms with Crippen molar-refractivity contribution in [2.24, 2.45) is 5.92 Å². The summed E-state index contributed by atoms with van der Waals surface area (Å²) in [5, 5.41) is 0.600. The highest BCUT2D eigenvalue weighted by Gasteiger charge is 2.15. The molecule has 1 heterocycles. The number of nitrogens with zero attached hydrogens (tertiary/aromatic N) is 1. The van der Waals surface area contributed by atoms with E-state index in [0.29, 0.717) is 28.4 Å². The number of alkyl halides is 1. The van der Waals surface area contributed by atoms with Crippen molar-refractivity contribution < 1.29 is 4.74 Å². The summed E-state index contributed by atoms with van der Waals surface area (Å²) >= 11 is 11.7. The lowest BCUT2D eigenvalue weighted by molar-refractivity contribution is 0.243. The van der Waals surface area contributed by atoms with Gasteiger partial charge in [-0.05, 0) is 24.8 Å². The Hall–Kier alpha value is -0.470. The highest BCUT2D eigenvalue weighted by atomic mass is 35.5. The predicted octanol–water partition coefficient (Wildman–Crippen LogP) is 4.04. The van der Waals surface area contributed by atoms with Gasteiger partial charge in [0.2, 0.25) is 5.88 Å². The van der Waals surface area contributed by atoms with E-state index in [9.17, 15) is 0 Å². The Balaban J connectivity index is 1.93. The molecule has 1 aromatic rings. The molecule has 2 nitrogen and oxygen atoms in total. The van der Waals surface area contributed by atoms with Crippen molar-refractivity contribution >= 4 is 23.2 Å². The molecular weight excluding hydrogens is 245 g/mol. The van der Waals surface area contributed by atoms with Crippen molar-refractivity contribution in [1.29, 1.82) is 0 Å². The molecule has 0 unspecified atom stereocenters. The Labute approximate surface area is 106 Å². The van der Waals surface area contributed by atoms with Crippen molar-refractivity contribution in [3.05, 3.63) is 22.8 Å². The van der Waals surface area contributed by atoms with Crippen LogP contribution in [0, 0.1) is 5.92 Å². The summed E-state index contributed by atoms with van der Waals surface area (Å²) in [4.78, 5) is 4.27. The van der Waals surface area contributed by atoms with E-state index in [1.54, 1.807) is 12.1 Å². The van der Waals surface area contributed by atoms with Crippen LogP contribution in [0.25, 0.3) is 0 Å². The summed E-state index contributed by atoms with van der Waals surface area (Å²) in [6, 6.07) is 3.59. The summed E-state index contributed by atoms with van der Waals surface area (Å²) in [5.41, 5.74) is 0.687. The summed E-state index contributed by atoms with van der Waals surface area (Å²) in [7, 11) is 0. The highest BCUT2D eigenvalue weighted by molar-refractivity contribution is 6.32. The van der Waals surface area contributed by atoms with Crippen LogP contribution >= 0.6 is 23.2 Å². The van der Waals surface area contributed by atoms with E-state index in [-0.39, 0.29) is 0 Å². The number of pyridine rings is 1. The van der Waals surface area contributed by atoms with E-state index in [1.807, 2.05) is 0 Å². The first kappa shape index (κ1) is 12.0. The smallest absolute Gasteiger partial charge is 0.213 e. The van der Waals surface area contributed by atoms with Crippen LogP contribution in [-0.2, 0) is 5.88 Å². The van der Waals surface area contributed by atoms with Crippen molar-refractivity contribution in [3.63, 3.8) is 0 Å². The molecule has 1 aliphatic rings. The Bertz CT molecular complexity index is 351. The fourth-order valence-electron chi connectivity index (χ4n) is 2.02. The van der Waals surface area contributed by atoms with Gasteiger partial charge in [-0.1, -0.05) is 24.4 Å². The third-order valence-corrected chi connectivity index (χ3v) is 3.56. The van der Waals surface area contributed by atoms with Crippen molar-refractivity contribution in [2.75, 3.05) is 6.61 Å². The first-order valence-electron chi connectivity index (χ1n) is 5.64. The lowest BCUT2D eigenvalue weighted by atomic mass is 10.1. The van der Waals surface area contributed by atoms with Gasteiger partial charge >= 0.3 is 0 Å². The van der Waals surface area contributed by atoms with Gasteiger partial charge in [0, 0.05) is 6.07 Å². The second kappa shape index (κ2) is 5.74. The second-order valence-corrected chi connectivity index (χ2v) is 4.85. The third-order valence-electron chi connectivity index (χ3n) is 2.96. The van der Waals surface area contributed by atoms with Crippen LogP contribution < -0.4 is 4.74 Å². The Kier molecular flexibility index (Phi) is 4.30. The van der Waals surface area contributed by atoms with Crippen LogP contribution in [0.2, 0.25) is 5.02 Å². The molecule has 0 spiro atoms. The molecule has 1 saturated carbocycles. The predicted molar refractivity (Wildman–Crippen MR) is 66.3 cm³/mol. The second-order valence-electron chi connectivity index (χ2n) is 4.17. The van der Waals surface area contributed by atoms with Gasteiger partial charge in [0.15, 0.2) is 0 Å². The van der Waals surface area contributed by atoms with Crippen LogP contribution in [0.1, 0.15) is 31.4 Å². The Morgan fingerprint density at radius 3 is 2.75 bits per heavy atom. The molecule has 2 rings (SSSR count). The van der Waals surface area contributed by atoms with E-state index < -0.39 is 0 Å². The standard InChI is InChI=1S/C12H15Cl2NO/c13-7-11-10(14)5-6-12(15-11)16-8-9-3-1-2-4-9/h5-6,9H,1-4,7-8H2. The average Bonchev–Trinajstić information content (AvgIpc) is 2.81. The summed E-state index contributed by atoms with van der Waals surface area (Å²) < 4.78 is 5.66. The van der Waals surface area contributed by atoms with E-state index in [0.717, 1.165) is 6.61 Å². The molecule has 1 fully saturated rings. The Morgan fingerprint density at radius 2 is 2.06 bits per heavy atom. The van der Waals surface area contributed by atoms with Gasteiger partial charge in [-0.15, -0.1) is 11.6 Å². The third kappa shape index (κ3) is 3.02. The molecule has 0 saturated heterocycles. The number of halogens is 2. The summed E-state index contributed by atoms with van der Waals surface area (Å²) in [6.07, 6.45) is 5.20. The number of rotatable bonds is 4. The van der Waals surface area contributed by atoms with Gasteiger partial charge in [-0.3, -0.25) is 0 Å². The van der Waals surface area contributed by atoms with Crippen LogP contribution in [0.15, 0.2) is 12.1 Å². The lowest BCUT2D eigenvalue weighted by Gasteiger charge is -2.11. The molecule has 16 heavy (non-hydrogen) atoms. The maximum absolute atomic E-state index is 5.92. The van der Waals surface area contributed by atoms with Gasteiger partial charge in [0.25, 0.3) is 0 Å². The molecule has 0 amide bonds. The van der Waals surface area contributed by atoms with E-state index >= 15 is 0 Å². The van der Waals surface area contributed by atoms with Crippen LogP contribution in [0.3, 0.4) is 0 Å². The van der Waals surface area contributed by atoms with Crippen LogP contribution in [0.5, 0.6) is 5.88 Å². The molecule has 0 aromatic carbocycles. The first-order valence-corrected chi connectivity index (χ1v) is 6.55. The monoisotopic (exact) mass is 259 g/mol. The molecule has 1 aliphatic carbocycles. The van der Waals surface area contributed by atoms with E-state index in [2.05, 4.69) is 4.98 Å². The zero-order valence-corrected chi connectivity index (χ0v) is 10.6. The molecule has 0 atom stereocenters. The summed E-state index contributed by atoms with van der Waals surface area (Å²) in [5.74, 6) is 1.64. The molecule has 0 radical (unpaired) electrons. The van der Waals surface area contributed by atoms with Crippen molar-refractivity contribution in [3.8, 4) is 5.88 Å². The minimum atomic E-state index is 0.319. The fourth-order valence-corrected chi connectivity index (χ4v) is 2.46. The topological polar surface area (TPSA) is 22.1 Å². The maximum atomic E-state index is 5.92. The number of aromatic nitrogens is 1. The summed E-state index contributed by atoms with van der Waals surface area (Å²) in [6.45, 7) is 0.760. The molecule has 0 bridgehead atoms. The SMILES string of the molecule is ClCc1nc(OCC2CCCC2)ccc1Cl. The lowest BCUT2D eigenvalue weighted by Crippen LogP contribution is -2.09. The molecule has 4 heteroatoms. The van der Waals surface area contributed by atoms with Gasteiger partial charge in [-0.25, -0.2) is 4.98 Å². The Morgan fingerprint density at radius 1 is 1.31 bits per heavy atom. The van der Waals surface area contributed by atoms with Crippen LogP contribution in [0.4, 0.5) is 0 Å². The largest absolute Gasteiger partial charge is 0.477 e. The van der Waals surface area contributed by atoms with Crippen molar-refractivity contribution in [1.82, 2.24) is 4.98 Å². The van der Waals surface area contributed by atoms with E-state index in [4.69, 9.17) is 27.9 Å². The van der Waals surface area contributed by atoms with E-state index in [1.165, 1.54) is 25.7 Å². The normalized spacial score (nSPS) is 16.6. The quantitative estimate of drug-likeness (QED) is 0.762. The van der Waals surface area contributed by atoms with Gasteiger partial charge in [0.1, 0.15) is 0 Å². The van der Waals surface area contributed by atoms with Gasteiger partial charge in [-0.2, -0.15) is 0 Å². The van der Waals surface area contributed by atoms with Crippen molar-refractivity contribution in [2.45, 2.75) is 31.6 Å². The van der Waals surface area contributed by atoms with Gasteiger partial charge < -0.3 is 4.74 Å². The molecule has 1 aromatic heterocycles. The minimum Gasteiger partial charge on any atom is -0.477 e. The van der Waals surface area contributed by atoms with Crippen LogP contribution in [-0.4, -0.2) is 11.6 Å². The fraction of sp³-hybridized carbons (Fsp3) is 0.583. The molecule has 0 aliphatic heterocycles. The maximum Gasteiger partial charge on any atom is 0.213 e.